The molecule has 0 aliphatic rings. The molecule has 0 bridgehead atoms. The van der Waals surface area contributed by atoms with Crippen molar-refractivity contribution in [2.24, 2.45) is 0 Å². The van der Waals surface area contributed by atoms with Gasteiger partial charge in [-0.1, -0.05) is 42.8 Å². The van der Waals surface area contributed by atoms with Crippen LogP contribution in [-0.4, -0.2) is 50.8 Å². The summed E-state index contributed by atoms with van der Waals surface area (Å²) in [6, 6.07) is 19.1. The van der Waals surface area contributed by atoms with Crippen molar-refractivity contribution in [2.75, 3.05) is 26.0 Å². The van der Waals surface area contributed by atoms with E-state index in [2.05, 4.69) is 46.4 Å². The molecule has 0 aliphatic carbocycles. The summed E-state index contributed by atoms with van der Waals surface area (Å²) in [5.41, 5.74) is 5.65. The Morgan fingerprint density at radius 3 is 2.40 bits per heavy atom. The van der Waals surface area contributed by atoms with Crippen molar-refractivity contribution < 1.29 is 4.79 Å². The monoisotopic (exact) mass is 580 g/mol. The lowest BCUT2D eigenvalue weighted by molar-refractivity contribution is 0.0983. The van der Waals surface area contributed by atoms with Crippen molar-refractivity contribution in [3.05, 3.63) is 99.7 Å². The van der Waals surface area contributed by atoms with Gasteiger partial charge in [0.15, 0.2) is 5.78 Å². The van der Waals surface area contributed by atoms with Gasteiger partial charge in [0.05, 0.1) is 0 Å². The normalized spacial score (nSPS) is 11.3. The van der Waals surface area contributed by atoms with Gasteiger partial charge in [-0.25, -0.2) is 4.98 Å². The highest BCUT2D eigenvalue weighted by Crippen LogP contribution is 2.32. The van der Waals surface area contributed by atoms with E-state index in [0.29, 0.717) is 46.4 Å². The molecule has 0 aliphatic heterocycles. The molecular formula is C33H33ClN6O2. The van der Waals surface area contributed by atoms with E-state index in [1.54, 1.807) is 29.1 Å². The number of likely N-dealkylation sites (N-methyl/N-ethyl adjacent to an activating group) is 1. The first kappa shape index (κ1) is 29.1. The first-order valence-corrected chi connectivity index (χ1v) is 14.4. The van der Waals surface area contributed by atoms with Crippen LogP contribution >= 0.6 is 11.6 Å². The van der Waals surface area contributed by atoms with Crippen LogP contribution in [0, 0.1) is 0 Å². The Morgan fingerprint density at radius 2 is 1.71 bits per heavy atom. The summed E-state index contributed by atoms with van der Waals surface area (Å²) < 4.78 is 1.64. The van der Waals surface area contributed by atoms with Gasteiger partial charge in [0.1, 0.15) is 11.3 Å². The van der Waals surface area contributed by atoms with E-state index in [4.69, 9.17) is 16.6 Å². The predicted octanol–water partition coefficient (Wildman–Crippen LogP) is 6.63. The van der Waals surface area contributed by atoms with Crippen molar-refractivity contribution in [1.29, 1.82) is 0 Å². The fourth-order valence-electron chi connectivity index (χ4n) is 4.80. The Hall–Kier alpha value is -4.40. The van der Waals surface area contributed by atoms with Crippen LogP contribution in [0.4, 0.5) is 11.6 Å². The molecule has 42 heavy (non-hydrogen) atoms. The Kier molecular flexibility index (Phi) is 8.75. The third-order valence-electron chi connectivity index (χ3n) is 7.16. The molecular weight excluding hydrogens is 548 g/mol. The maximum Gasteiger partial charge on any atom is 0.260 e. The number of aromatic nitrogens is 4. The topological polar surface area (TPSA) is 93.0 Å². The average molecular weight is 581 g/mol. The summed E-state index contributed by atoms with van der Waals surface area (Å²) in [6.45, 7) is 5.14. The number of hydrogen-bond acceptors (Lipinski definition) is 7. The minimum atomic E-state index is -0.186. The summed E-state index contributed by atoms with van der Waals surface area (Å²) in [7, 11) is 4.13. The van der Waals surface area contributed by atoms with Crippen LogP contribution < -0.4 is 10.9 Å². The zero-order valence-electron chi connectivity index (χ0n) is 24.2. The molecule has 3 heterocycles. The Balaban J connectivity index is 1.45. The lowest BCUT2D eigenvalue weighted by atomic mass is 10.00. The molecule has 0 fully saturated rings. The van der Waals surface area contributed by atoms with E-state index < -0.39 is 0 Å². The number of fused-ring (bicyclic) bond motifs is 1. The molecule has 0 saturated heterocycles. The zero-order valence-corrected chi connectivity index (χ0v) is 24.9. The number of ketones is 1. The largest absolute Gasteiger partial charge is 0.324 e. The molecule has 214 valence electrons. The molecule has 0 unspecified atom stereocenters. The van der Waals surface area contributed by atoms with Crippen LogP contribution in [0.2, 0.25) is 5.02 Å². The summed E-state index contributed by atoms with van der Waals surface area (Å²) in [5, 5.41) is 4.42. The number of halogens is 1. The van der Waals surface area contributed by atoms with Crippen molar-refractivity contribution in [3.63, 3.8) is 0 Å². The number of rotatable bonds is 10. The van der Waals surface area contributed by atoms with E-state index in [1.165, 1.54) is 5.56 Å². The fourth-order valence-corrected chi connectivity index (χ4v) is 5.08. The molecule has 8 nitrogen and oxygen atoms in total. The van der Waals surface area contributed by atoms with Crippen molar-refractivity contribution >= 4 is 40.1 Å². The van der Waals surface area contributed by atoms with Crippen LogP contribution in [0.25, 0.3) is 33.3 Å². The number of pyridine rings is 2. The Bertz CT molecular complexity index is 1810. The van der Waals surface area contributed by atoms with Crippen LogP contribution in [0.3, 0.4) is 0 Å². The summed E-state index contributed by atoms with van der Waals surface area (Å²) >= 11 is 6.75. The molecule has 0 atom stereocenters. The van der Waals surface area contributed by atoms with Gasteiger partial charge >= 0.3 is 0 Å². The van der Waals surface area contributed by atoms with Gasteiger partial charge in [-0.2, -0.15) is 4.98 Å². The highest BCUT2D eigenvalue weighted by molar-refractivity contribution is 6.33. The molecule has 0 radical (unpaired) electrons. The maximum atomic E-state index is 13.7. The average Bonchev–Trinajstić information content (AvgIpc) is 3.00. The van der Waals surface area contributed by atoms with Gasteiger partial charge in [-0.05, 0) is 80.5 Å². The smallest absolute Gasteiger partial charge is 0.260 e. The van der Waals surface area contributed by atoms with Gasteiger partial charge in [-0.3, -0.25) is 19.1 Å². The molecule has 0 saturated carbocycles. The second-order valence-corrected chi connectivity index (χ2v) is 10.8. The number of nitrogens with one attached hydrogen (secondary N) is 1. The molecule has 3 aromatic heterocycles. The van der Waals surface area contributed by atoms with Crippen molar-refractivity contribution in [2.45, 2.75) is 33.2 Å². The SMILES string of the molecule is CCC(=O)c1cc(-c2ccc(-c3cc4cnc(Nc5ccc(CCN(C)C)cc5)nc4n(CC)c3=O)c(Cl)c2)ccn1. The number of hydrogen-bond donors (Lipinski definition) is 1. The number of Topliss-reactive ketones (excluding diaryl/α,β-unsaturated/α-hetero) is 1. The number of aryl methyl sites for hydroxylation is 1. The maximum absolute atomic E-state index is 13.7. The minimum absolute atomic E-state index is 0.0232. The number of benzene rings is 2. The van der Waals surface area contributed by atoms with Crippen LogP contribution in [0.5, 0.6) is 0 Å². The van der Waals surface area contributed by atoms with Crippen molar-refractivity contribution in [1.82, 2.24) is 24.4 Å². The fraction of sp³-hybridized carbons (Fsp3) is 0.242. The van der Waals surface area contributed by atoms with E-state index >= 15 is 0 Å². The van der Waals surface area contributed by atoms with Crippen molar-refractivity contribution in [3.8, 4) is 22.3 Å². The molecule has 9 heteroatoms. The summed E-state index contributed by atoms with van der Waals surface area (Å²) in [4.78, 5) is 41.4. The standard InChI is InChI=1S/C33H33ClN6O2/c1-5-30(41)29-19-23(13-15-35-29)22-9-12-26(28(34)18-22)27-17-24-20-36-33(38-31(24)40(6-2)32(27)42)37-25-10-7-21(8-11-25)14-16-39(3)4/h7-13,15,17-20H,5-6,14,16H2,1-4H3,(H,36,37,38). The second kappa shape index (κ2) is 12.6. The van der Waals surface area contributed by atoms with E-state index in [0.717, 1.165) is 35.2 Å². The van der Waals surface area contributed by atoms with Crippen LogP contribution in [0.1, 0.15) is 36.3 Å². The highest BCUT2D eigenvalue weighted by Gasteiger charge is 2.16. The third kappa shape index (κ3) is 6.25. The van der Waals surface area contributed by atoms with Gasteiger partial charge in [0.25, 0.3) is 5.56 Å². The van der Waals surface area contributed by atoms with E-state index in [1.807, 2.05) is 50.2 Å². The van der Waals surface area contributed by atoms with Gasteiger partial charge in [0.2, 0.25) is 5.95 Å². The summed E-state index contributed by atoms with van der Waals surface area (Å²) in [6.07, 6.45) is 4.69. The quantitative estimate of drug-likeness (QED) is 0.185. The number of carbonyl (C=O) groups excluding carboxylic acids is 1. The Labute approximate surface area is 250 Å². The summed E-state index contributed by atoms with van der Waals surface area (Å²) in [5.74, 6) is 0.392. The van der Waals surface area contributed by atoms with E-state index in [-0.39, 0.29) is 11.3 Å². The Morgan fingerprint density at radius 1 is 0.952 bits per heavy atom. The zero-order chi connectivity index (χ0) is 29.8. The van der Waals surface area contributed by atoms with E-state index in [9.17, 15) is 9.59 Å². The van der Waals surface area contributed by atoms with Crippen LogP contribution in [-0.2, 0) is 13.0 Å². The second-order valence-electron chi connectivity index (χ2n) is 10.4. The molecule has 5 aromatic rings. The van der Waals surface area contributed by atoms with Gasteiger partial charge < -0.3 is 10.2 Å². The molecule has 5 rings (SSSR count). The first-order chi connectivity index (χ1) is 20.3. The molecule has 0 amide bonds. The number of carbonyl (C=O) groups is 1. The molecule has 0 spiro atoms. The number of nitrogens with zero attached hydrogens (tertiary/aromatic N) is 5. The highest BCUT2D eigenvalue weighted by atomic mass is 35.5. The predicted molar refractivity (Wildman–Crippen MR) is 170 cm³/mol. The first-order valence-electron chi connectivity index (χ1n) is 14.0. The third-order valence-corrected chi connectivity index (χ3v) is 7.47. The lowest BCUT2D eigenvalue weighted by Crippen LogP contribution is -2.22. The van der Waals surface area contributed by atoms with Gasteiger partial charge in [0, 0.05) is 59.1 Å². The molecule has 1 N–H and O–H groups in total. The lowest BCUT2D eigenvalue weighted by Gasteiger charge is -2.14. The number of anilines is 2. The van der Waals surface area contributed by atoms with Gasteiger partial charge in [-0.15, -0.1) is 0 Å². The minimum Gasteiger partial charge on any atom is -0.324 e. The van der Waals surface area contributed by atoms with Crippen LogP contribution in [0.15, 0.2) is 77.9 Å². The molecule has 2 aromatic carbocycles.